The minimum absolute atomic E-state index is 0.0556. The number of aliphatic hydroxyl groups is 1. The molecule has 0 radical (unpaired) electrons. The van der Waals surface area contributed by atoms with Gasteiger partial charge in [-0.25, -0.2) is 8.42 Å². The molecule has 134 valence electrons. The Morgan fingerprint density at radius 1 is 1.08 bits per heavy atom. The van der Waals surface area contributed by atoms with Gasteiger partial charge >= 0.3 is 0 Å². The molecule has 0 aliphatic carbocycles. The summed E-state index contributed by atoms with van der Waals surface area (Å²) < 4.78 is 23.4. The molecule has 0 aromatic heterocycles. The Balaban J connectivity index is 1.52. The molecule has 6 heteroatoms. The second-order valence-corrected chi connectivity index (χ2v) is 9.89. The van der Waals surface area contributed by atoms with E-state index < -0.39 is 15.9 Å². The zero-order chi connectivity index (χ0) is 17.3. The summed E-state index contributed by atoms with van der Waals surface area (Å²) in [5.74, 6) is 0.655. The summed E-state index contributed by atoms with van der Waals surface area (Å²) in [5, 5.41) is 10.0. The number of hydrogen-bond donors (Lipinski definition) is 3. The fraction of sp³-hybridized carbons (Fsp3) is 0.667. The number of piperazine rings is 1. The molecule has 2 atom stereocenters. The van der Waals surface area contributed by atoms with Crippen LogP contribution in [0.15, 0.2) is 24.3 Å². The van der Waals surface area contributed by atoms with Crippen LogP contribution in [0.2, 0.25) is 0 Å². The van der Waals surface area contributed by atoms with Crippen molar-refractivity contribution in [3.05, 3.63) is 35.4 Å². The molecule has 1 aromatic carbocycles. The maximum absolute atomic E-state index is 11.7. The quantitative estimate of drug-likeness (QED) is 0.601. The van der Waals surface area contributed by atoms with E-state index in [4.69, 9.17) is 0 Å². The minimum atomic E-state index is -3.04. The van der Waals surface area contributed by atoms with E-state index in [0.29, 0.717) is 5.92 Å². The number of aliphatic hydroxyl groups excluding tert-OH is 1. The Kier molecular flexibility index (Phi) is 5.30. The predicted molar refractivity (Wildman–Crippen MR) is 94.1 cm³/mol. The first-order chi connectivity index (χ1) is 11.3. The number of benzene rings is 1. The third-order valence-electron chi connectivity index (χ3n) is 5.55. The van der Waals surface area contributed by atoms with E-state index in [9.17, 15) is 13.5 Å². The summed E-state index contributed by atoms with van der Waals surface area (Å²) in [6, 6.07) is 8.78. The van der Waals surface area contributed by atoms with E-state index in [1.807, 2.05) is 0 Å². The maximum atomic E-state index is 11.7. The fourth-order valence-electron chi connectivity index (χ4n) is 4.00. The first kappa shape index (κ1) is 17.9. The Morgan fingerprint density at radius 2 is 1.71 bits per heavy atom. The lowest BCUT2D eigenvalue weighted by Gasteiger charge is -2.33. The molecule has 0 spiro atoms. The number of hydrogen-bond acceptors (Lipinski definition) is 3. The highest BCUT2D eigenvalue weighted by Gasteiger charge is 2.44. The van der Waals surface area contributed by atoms with E-state index in [2.05, 4.69) is 38.1 Å². The molecule has 1 aromatic rings. The van der Waals surface area contributed by atoms with E-state index in [0.717, 1.165) is 32.7 Å². The van der Waals surface area contributed by atoms with Crippen molar-refractivity contribution in [3.8, 4) is 0 Å². The second kappa shape index (κ2) is 7.12. The van der Waals surface area contributed by atoms with Crippen molar-refractivity contribution in [1.29, 1.82) is 0 Å². The van der Waals surface area contributed by atoms with Gasteiger partial charge in [0.1, 0.15) is 50.6 Å². The van der Waals surface area contributed by atoms with Crippen LogP contribution in [0.3, 0.4) is 0 Å². The van der Waals surface area contributed by atoms with Crippen LogP contribution in [0, 0.1) is 0 Å². The normalized spacial score (nSPS) is 33.0. The largest absolute Gasteiger partial charge is 0.386 e. The standard InChI is InChI=1S/C18H28N2O3S/c1-14(2)16-5-3-15(4-6-16)11-19-7-9-20(10-8-19)17-12-24(22,23)13-18(17)21/h3-6,14,17-18,21H,7-13H2,1-2H3/p+2/t17-,18-/m0/s1. The summed E-state index contributed by atoms with van der Waals surface area (Å²) >= 11 is 0. The van der Waals surface area contributed by atoms with Gasteiger partial charge in [-0.2, -0.15) is 0 Å². The van der Waals surface area contributed by atoms with Gasteiger partial charge in [-0.1, -0.05) is 38.1 Å². The molecule has 0 bridgehead atoms. The topological polar surface area (TPSA) is 63.2 Å². The molecule has 2 saturated heterocycles. The van der Waals surface area contributed by atoms with Gasteiger partial charge in [0.2, 0.25) is 0 Å². The van der Waals surface area contributed by atoms with Crippen LogP contribution in [0.1, 0.15) is 30.9 Å². The summed E-state index contributed by atoms with van der Waals surface area (Å²) in [4.78, 5) is 2.81. The van der Waals surface area contributed by atoms with Crippen LogP contribution in [-0.4, -0.2) is 63.4 Å². The van der Waals surface area contributed by atoms with E-state index in [1.165, 1.54) is 16.0 Å². The highest BCUT2D eigenvalue weighted by Crippen LogP contribution is 2.14. The highest BCUT2D eigenvalue weighted by atomic mass is 32.2. The van der Waals surface area contributed by atoms with Gasteiger partial charge in [-0.05, 0) is 11.5 Å². The van der Waals surface area contributed by atoms with Crippen LogP contribution in [0.25, 0.3) is 0 Å². The van der Waals surface area contributed by atoms with Crippen molar-refractivity contribution in [2.45, 2.75) is 38.5 Å². The Labute approximate surface area is 145 Å². The minimum Gasteiger partial charge on any atom is -0.386 e. The number of rotatable bonds is 4. The molecule has 3 N–H and O–H groups in total. The van der Waals surface area contributed by atoms with E-state index >= 15 is 0 Å². The number of quaternary nitrogens is 2. The molecule has 3 rings (SSSR count). The van der Waals surface area contributed by atoms with Crippen molar-refractivity contribution in [2.24, 2.45) is 0 Å². The van der Waals surface area contributed by atoms with Crippen molar-refractivity contribution in [2.75, 3.05) is 37.7 Å². The fourth-order valence-corrected chi connectivity index (χ4v) is 5.89. The molecule has 2 aliphatic rings. The summed E-state index contributed by atoms with van der Waals surface area (Å²) in [6.45, 7) is 9.39. The molecule has 0 unspecified atom stereocenters. The van der Waals surface area contributed by atoms with Gasteiger partial charge in [0.25, 0.3) is 0 Å². The Bertz CT molecular complexity index is 649. The Hall–Kier alpha value is -0.950. The Morgan fingerprint density at radius 3 is 2.21 bits per heavy atom. The van der Waals surface area contributed by atoms with Crippen molar-refractivity contribution in [3.63, 3.8) is 0 Å². The average molecular weight is 355 g/mol. The SMILES string of the molecule is CC(C)c1ccc(C[NH+]2CC[NH+]([C@H]3CS(=O)(=O)C[C@@H]3O)CC2)cc1. The van der Waals surface area contributed by atoms with Crippen LogP contribution in [0.4, 0.5) is 0 Å². The average Bonchev–Trinajstić information content (AvgIpc) is 2.81. The monoisotopic (exact) mass is 354 g/mol. The third-order valence-corrected chi connectivity index (χ3v) is 7.26. The van der Waals surface area contributed by atoms with Crippen LogP contribution < -0.4 is 9.80 Å². The van der Waals surface area contributed by atoms with E-state index in [1.54, 1.807) is 4.90 Å². The lowest BCUT2D eigenvalue weighted by molar-refractivity contribution is -1.03. The van der Waals surface area contributed by atoms with Gasteiger partial charge in [-0.3, -0.25) is 0 Å². The summed E-state index contributed by atoms with van der Waals surface area (Å²) in [6.07, 6.45) is -0.685. The molecular formula is C18H30N2O3S+2. The van der Waals surface area contributed by atoms with Crippen LogP contribution >= 0.6 is 0 Å². The molecule has 0 amide bonds. The predicted octanol–water partition coefficient (Wildman–Crippen LogP) is -1.75. The number of sulfone groups is 1. The zero-order valence-corrected chi connectivity index (χ0v) is 15.5. The molecule has 5 nitrogen and oxygen atoms in total. The molecule has 24 heavy (non-hydrogen) atoms. The first-order valence-electron chi connectivity index (χ1n) is 8.99. The van der Waals surface area contributed by atoms with Crippen molar-refractivity contribution in [1.82, 2.24) is 0 Å². The maximum Gasteiger partial charge on any atom is 0.159 e. The smallest absolute Gasteiger partial charge is 0.159 e. The van der Waals surface area contributed by atoms with Crippen molar-refractivity contribution < 1.29 is 23.3 Å². The van der Waals surface area contributed by atoms with Crippen LogP contribution in [0.5, 0.6) is 0 Å². The van der Waals surface area contributed by atoms with Gasteiger partial charge in [-0.15, -0.1) is 0 Å². The molecule has 2 heterocycles. The third kappa shape index (κ3) is 4.17. The first-order valence-corrected chi connectivity index (χ1v) is 10.8. The lowest BCUT2D eigenvalue weighted by Crippen LogP contribution is -3.29. The van der Waals surface area contributed by atoms with E-state index in [-0.39, 0.29) is 17.5 Å². The van der Waals surface area contributed by atoms with Gasteiger partial charge in [0.05, 0.1) is 5.75 Å². The summed E-state index contributed by atoms with van der Waals surface area (Å²) in [5.41, 5.74) is 2.74. The molecule has 0 saturated carbocycles. The van der Waals surface area contributed by atoms with Crippen molar-refractivity contribution >= 4 is 9.84 Å². The summed E-state index contributed by atoms with van der Waals surface area (Å²) in [7, 11) is -3.04. The molecule has 2 fully saturated rings. The van der Waals surface area contributed by atoms with Gasteiger partial charge in [0, 0.05) is 5.56 Å². The molecular weight excluding hydrogens is 324 g/mol. The highest BCUT2D eigenvalue weighted by molar-refractivity contribution is 7.91. The second-order valence-electron chi connectivity index (χ2n) is 7.73. The lowest BCUT2D eigenvalue weighted by atomic mass is 10.0. The van der Waals surface area contributed by atoms with Crippen LogP contribution in [-0.2, 0) is 16.4 Å². The van der Waals surface area contributed by atoms with Gasteiger partial charge in [0.15, 0.2) is 9.84 Å². The number of nitrogens with one attached hydrogen (secondary N) is 2. The zero-order valence-electron chi connectivity index (χ0n) is 14.7. The molecule has 2 aliphatic heterocycles. The van der Waals surface area contributed by atoms with Gasteiger partial charge < -0.3 is 14.9 Å².